The maximum atomic E-state index is 13.0. The van der Waals surface area contributed by atoms with E-state index in [-0.39, 0.29) is 11.9 Å². The van der Waals surface area contributed by atoms with Gasteiger partial charge in [0.05, 0.1) is 17.4 Å². The molecule has 0 spiro atoms. The van der Waals surface area contributed by atoms with Crippen molar-refractivity contribution in [2.24, 2.45) is 0 Å². The number of benzene rings is 1. The number of nitrogens with zero attached hydrogens (tertiary/aromatic N) is 1. The fourth-order valence-electron chi connectivity index (χ4n) is 1.78. The van der Waals surface area contributed by atoms with Crippen LogP contribution < -0.4 is 10.6 Å². The third-order valence-corrected chi connectivity index (χ3v) is 3.95. The summed E-state index contributed by atoms with van der Waals surface area (Å²) in [6, 6.07) is 8.84. The summed E-state index contributed by atoms with van der Waals surface area (Å²) in [4.78, 5) is 3.32. The van der Waals surface area contributed by atoms with Gasteiger partial charge in [0.25, 0.3) is 0 Å². The number of rotatable bonds is 3. The van der Waals surface area contributed by atoms with Gasteiger partial charge in [-0.05, 0) is 36.6 Å². The number of halogens is 1. The van der Waals surface area contributed by atoms with Crippen molar-refractivity contribution in [2.75, 3.05) is 17.7 Å². The maximum Gasteiger partial charge on any atom is 0.125 e. The van der Waals surface area contributed by atoms with E-state index in [4.69, 9.17) is 5.73 Å². The molecule has 0 bridgehead atoms. The number of nitrogen functional groups attached to an aromatic ring is 1. The monoisotopic (exact) mass is 250 g/mol. The Labute approximate surface area is 104 Å². The van der Waals surface area contributed by atoms with Gasteiger partial charge in [0.2, 0.25) is 0 Å². The van der Waals surface area contributed by atoms with Crippen LogP contribution >= 0.6 is 11.3 Å². The fraction of sp³-hybridized carbons (Fsp3) is 0.231. The second-order valence-corrected chi connectivity index (χ2v) is 4.98. The van der Waals surface area contributed by atoms with Crippen LogP contribution in [-0.4, -0.2) is 7.05 Å². The van der Waals surface area contributed by atoms with Crippen molar-refractivity contribution in [3.05, 3.63) is 46.4 Å². The molecule has 2 aromatic rings. The van der Waals surface area contributed by atoms with Gasteiger partial charge in [-0.15, -0.1) is 11.3 Å². The molecule has 0 aliphatic heterocycles. The maximum absolute atomic E-state index is 13.0. The Morgan fingerprint density at radius 3 is 2.71 bits per heavy atom. The Kier molecular flexibility index (Phi) is 3.33. The molecule has 0 saturated heterocycles. The first-order valence-corrected chi connectivity index (χ1v) is 6.29. The molecule has 1 heterocycles. The standard InChI is InChI=1S/C13H15FN2S/c1-9(13-4-3-7-17-13)16(2)12-6-5-10(14)8-11(12)15/h3-9H,15H2,1-2H3. The Hall–Kier alpha value is -1.55. The van der Waals surface area contributed by atoms with Gasteiger partial charge in [0.15, 0.2) is 0 Å². The van der Waals surface area contributed by atoms with Crippen LogP contribution in [0, 0.1) is 5.82 Å². The smallest absolute Gasteiger partial charge is 0.125 e. The summed E-state index contributed by atoms with van der Waals surface area (Å²) < 4.78 is 13.0. The molecule has 4 heteroatoms. The van der Waals surface area contributed by atoms with Gasteiger partial charge in [0, 0.05) is 11.9 Å². The Balaban J connectivity index is 2.28. The van der Waals surface area contributed by atoms with Crippen molar-refractivity contribution >= 4 is 22.7 Å². The number of thiophene rings is 1. The normalized spacial score (nSPS) is 12.4. The highest BCUT2D eigenvalue weighted by Crippen LogP contribution is 2.31. The third-order valence-electron chi connectivity index (χ3n) is 2.91. The molecule has 17 heavy (non-hydrogen) atoms. The zero-order valence-corrected chi connectivity index (χ0v) is 10.7. The molecule has 0 aliphatic carbocycles. The minimum absolute atomic E-state index is 0.225. The molecular weight excluding hydrogens is 235 g/mol. The zero-order chi connectivity index (χ0) is 12.4. The van der Waals surface area contributed by atoms with Crippen LogP contribution in [0.15, 0.2) is 35.7 Å². The number of anilines is 2. The molecule has 0 saturated carbocycles. The molecule has 0 radical (unpaired) electrons. The van der Waals surface area contributed by atoms with E-state index < -0.39 is 0 Å². The summed E-state index contributed by atoms with van der Waals surface area (Å²) in [6.07, 6.45) is 0. The van der Waals surface area contributed by atoms with E-state index in [0.717, 1.165) is 5.69 Å². The Morgan fingerprint density at radius 2 is 2.12 bits per heavy atom. The third kappa shape index (κ3) is 2.42. The first-order chi connectivity index (χ1) is 8.09. The highest BCUT2D eigenvalue weighted by Gasteiger charge is 2.15. The van der Waals surface area contributed by atoms with Gasteiger partial charge in [-0.2, -0.15) is 0 Å². The van der Waals surface area contributed by atoms with Crippen molar-refractivity contribution in [1.29, 1.82) is 0 Å². The van der Waals surface area contributed by atoms with Crippen molar-refractivity contribution in [3.8, 4) is 0 Å². The molecule has 2 nitrogen and oxygen atoms in total. The average Bonchev–Trinajstić information content (AvgIpc) is 2.80. The molecule has 0 aliphatic rings. The van der Waals surface area contributed by atoms with E-state index in [2.05, 4.69) is 17.9 Å². The summed E-state index contributed by atoms with van der Waals surface area (Å²) in [5, 5.41) is 2.05. The van der Waals surface area contributed by atoms with Crippen molar-refractivity contribution < 1.29 is 4.39 Å². The lowest BCUT2D eigenvalue weighted by molar-refractivity contribution is 0.628. The second kappa shape index (κ2) is 4.75. The van der Waals surface area contributed by atoms with E-state index in [1.165, 1.54) is 17.0 Å². The SMILES string of the molecule is CC(c1cccs1)N(C)c1ccc(F)cc1N. The molecule has 2 rings (SSSR count). The van der Waals surface area contributed by atoms with Gasteiger partial charge >= 0.3 is 0 Å². The van der Waals surface area contributed by atoms with Crippen LogP contribution in [0.5, 0.6) is 0 Å². The van der Waals surface area contributed by atoms with Gasteiger partial charge in [0.1, 0.15) is 5.82 Å². The summed E-state index contributed by atoms with van der Waals surface area (Å²) in [6.45, 7) is 2.11. The molecule has 0 amide bonds. The van der Waals surface area contributed by atoms with E-state index in [9.17, 15) is 4.39 Å². The molecule has 2 N–H and O–H groups in total. The highest BCUT2D eigenvalue weighted by atomic mass is 32.1. The summed E-state index contributed by atoms with van der Waals surface area (Å²) in [7, 11) is 1.97. The highest BCUT2D eigenvalue weighted by molar-refractivity contribution is 7.10. The molecule has 1 unspecified atom stereocenters. The van der Waals surface area contributed by atoms with Crippen LogP contribution in [0.4, 0.5) is 15.8 Å². The molecule has 1 atom stereocenters. The molecule has 90 valence electrons. The quantitative estimate of drug-likeness (QED) is 0.842. The van der Waals surface area contributed by atoms with E-state index in [0.29, 0.717) is 5.69 Å². The molecule has 1 aromatic heterocycles. The zero-order valence-electron chi connectivity index (χ0n) is 9.85. The first-order valence-electron chi connectivity index (χ1n) is 5.41. The largest absolute Gasteiger partial charge is 0.397 e. The summed E-state index contributed by atoms with van der Waals surface area (Å²) >= 11 is 1.71. The van der Waals surface area contributed by atoms with Crippen LogP contribution in [0.25, 0.3) is 0 Å². The summed E-state index contributed by atoms with van der Waals surface area (Å²) in [5.74, 6) is -0.302. The predicted molar refractivity (Wildman–Crippen MR) is 71.9 cm³/mol. The van der Waals surface area contributed by atoms with Crippen LogP contribution in [0.3, 0.4) is 0 Å². The first kappa shape index (κ1) is 11.9. The van der Waals surface area contributed by atoms with Crippen LogP contribution in [0.2, 0.25) is 0 Å². The molecular formula is C13H15FN2S. The van der Waals surface area contributed by atoms with E-state index in [1.54, 1.807) is 17.4 Å². The lowest BCUT2D eigenvalue weighted by atomic mass is 10.2. The summed E-state index contributed by atoms with van der Waals surface area (Å²) in [5.41, 5.74) is 7.16. The lowest BCUT2D eigenvalue weighted by Gasteiger charge is -2.27. The topological polar surface area (TPSA) is 29.3 Å². The number of nitrogens with two attached hydrogens (primary N) is 1. The van der Waals surface area contributed by atoms with Crippen LogP contribution in [-0.2, 0) is 0 Å². The fourth-order valence-corrected chi connectivity index (χ4v) is 2.60. The van der Waals surface area contributed by atoms with Gasteiger partial charge < -0.3 is 10.6 Å². The van der Waals surface area contributed by atoms with Crippen LogP contribution in [0.1, 0.15) is 17.8 Å². The molecule has 0 fully saturated rings. The van der Waals surface area contributed by atoms with Gasteiger partial charge in [-0.1, -0.05) is 6.07 Å². The van der Waals surface area contributed by atoms with Gasteiger partial charge in [-0.3, -0.25) is 0 Å². The average molecular weight is 250 g/mol. The van der Waals surface area contributed by atoms with Crippen molar-refractivity contribution in [2.45, 2.75) is 13.0 Å². The minimum atomic E-state index is -0.302. The van der Waals surface area contributed by atoms with Crippen molar-refractivity contribution in [1.82, 2.24) is 0 Å². The second-order valence-electron chi connectivity index (χ2n) is 4.01. The minimum Gasteiger partial charge on any atom is -0.397 e. The van der Waals surface area contributed by atoms with Crippen molar-refractivity contribution in [3.63, 3.8) is 0 Å². The molecule has 1 aromatic carbocycles. The number of hydrogen-bond donors (Lipinski definition) is 1. The van der Waals surface area contributed by atoms with E-state index in [1.807, 2.05) is 18.5 Å². The van der Waals surface area contributed by atoms with E-state index >= 15 is 0 Å². The predicted octanol–water partition coefficient (Wildman–Crippen LogP) is 3.67. The van der Waals surface area contributed by atoms with Gasteiger partial charge in [-0.25, -0.2) is 4.39 Å². The Bertz CT molecular complexity index is 496. The Morgan fingerprint density at radius 1 is 1.35 bits per heavy atom. The lowest BCUT2D eigenvalue weighted by Crippen LogP contribution is -2.21. The number of hydrogen-bond acceptors (Lipinski definition) is 3.